The van der Waals surface area contributed by atoms with E-state index in [-0.39, 0.29) is 6.10 Å². The van der Waals surface area contributed by atoms with Gasteiger partial charge in [-0.1, -0.05) is 26.8 Å². The van der Waals surface area contributed by atoms with Gasteiger partial charge in [0.1, 0.15) is 5.78 Å². The summed E-state index contributed by atoms with van der Waals surface area (Å²) in [5.41, 5.74) is 1.83. The highest BCUT2D eigenvalue weighted by atomic mass is 16.3. The highest BCUT2D eigenvalue weighted by Gasteiger charge is 2.62. The molecule has 10 atom stereocenters. The molecule has 0 aromatic carbocycles. The fourth-order valence-corrected chi connectivity index (χ4v) is 10.4. The highest BCUT2D eigenvalue weighted by molar-refractivity contribution is 5.75. The van der Waals surface area contributed by atoms with Gasteiger partial charge >= 0.3 is 0 Å². The Bertz CT molecular complexity index is 971. The summed E-state index contributed by atoms with van der Waals surface area (Å²) in [5.74, 6) is 4.11. The Kier molecular flexibility index (Phi) is 9.74. The van der Waals surface area contributed by atoms with E-state index in [1.165, 1.54) is 57.8 Å². The lowest BCUT2D eigenvalue weighted by Gasteiger charge is -2.62. The van der Waals surface area contributed by atoms with Crippen molar-refractivity contribution in [2.45, 2.75) is 123 Å². The molecule has 40 heavy (non-hydrogen) atoms. The topological polar surface area (TPSA) is 74.2 Å². The van der Waals surface area contributed by atoms with E-state index >= 15 is 0 Å². The number of aliphatic hydroxyl groups excluding tert-OH is 1. The van der Waals surface area contributed by atoms with Crippen LogP contribution in [0.25, 0.3) is 0 Å². The molecule has 5 rings (SSSR count). The second kappa shape index (κ2) is 12.9. The predicted molar refractivity (Wildman–Crippen MR) is 163 cm³/mol. The maximum Gasteiger partial charge on any atom is 0.129 e. The molecule has 4 aliphatic carbocycles. The van der Waals surface area contributed by atoms with Crippen molar-refractivity contribution in [2.75, 3.05) is 13.1 Å². The molecule has 5 heteroatoms. The molecule has 0 bridgehead atoms. The average Bonchev–Trinajstić information content (AvgIpc) is 3.29. The number of carbonyl (C=O) groups excluding carboxylic acids is 1. The van der Waals surface area contributed by atoms with E-state index in [9.17, 15) is 9.90 Å². The van der Waals surface area contributed by atoms with Crippen LogP contribution in [-0.4, -0.2) is 41.1 Å². The molecule has 0 amide bonds. The molecule has 4 aliphatic rings. The zero-order chi connectivity index (χ0) is 28.3. The normalized spacial score (nSPS) is 39.7. The van der Waals surface area contributed by atoms with Crippen molar-refractivity contribution < 1.29 is 9.90 Å². The zero-order valence-corrected chi connectivity index (χ0v) is 25.8. The van der Waals surface area contributed by atoms with Crippen LogP contribution in [0.1, 0.15) is 110 Å². The van der Waals surface area contributed by atoms with Crippen LogP contribution < -0.4 is 10.6 Å². The number of carbonyl (C=O) groups is 1. The van der Waals surface area contributed by atoms with Crippen molar-refractivity contribution in [2.24, 2.45) is 46.3 Å². The van der Waals surface area contributed by atoms with E-state index in [1.807, 2.05) is 18.3 Å². The number of nitrogens with one attached hydrogen (secondary N) is 2. The lowest BCUT2D eigenvalue weighted by Crippen LogP contribution is -2.59. The average molecular weight is 552 g/mol. The summed E-state index contributed by atoms with van der Waals surface area (Å²) in [7, 11) is 0. The van der Waals surface area contributed by atoms with Gasteiger partial charge in [-0.2, -0.15) is 0 Å². The standard InChI is InChI=1S/C35H57N3O2/c1-24(10-11-25(2)39)29-12-13-30-33-31(15-17-35(29,30)4)34(3)16-14-27(21-26(34)22-32(33)40)37-20-8-7-18-36-23-28-9-5-6-19-38-28/h5-6,9,19,24,26-27,29-33,36-37,40H,7-8,10-18,20-23H2,1-4H3/t24?,26-,27-,29?,30?,31?,32-,33?,34?,35?/m1/s1. The van der Waals surface area contributed by atoms with Gasteiger partial charge in [0.15, 0.2) is 0 Å². The molecular weight excluding hydrogens is 494 g/mol. The van der Waals surface area contributed by atoms with Crippen molar-refractivity contribution in [3.8, 4) is 0 Å². The van der Waals surface area contributed by atoms with E-state index in [0.717, 1.165) is 44.6 Å². The summed E-state index contributed by atoms with van der Waals surface area (Å²) in [6, 6.07) is 6.69. The van der Waals surface area contributed by atoms with Crippen molar-refractivity contribution in [3.05, 3.63) is 30.1 Å². The van der Waals surface area contributed by atoms with Gasteiger partial charge in [0.05, 0.1) is 11.8 Å². The Morgan fingerprint density at radius 2 is 1.82 bits per heavy atom. The first kappa shape index (κ1) is 30.2. The van der Waals surface area contributed by atoms with Crippen LogP contribution in [0.5, 0.6) is 0 Å². The summed E-state index contributed by atoms with van der Waals surface area (Å²) < 4.78 is 0. The summed E-state index contributed by atoms with van der Waals surface area (Å²) in [4.78, 5) is 16.0. The van der Waals surface area contributed by atoms with Crippen LogP contribution in [0.4, 0.5) is 0 Å². The molecule has 0 spiro atoms. The van der Waals surface area contributed by atoms with Crippen molar-refractivity contribution in [1.82, 2.24) is 15.6 Å². The molecular formula is C35H57N3O2. The van der Waals surface area contributed by atoms with Crippen LogP contribution in [-0.2, 0) is 11.3 Å². The van der Waals surface area contributed by atoms with Gasteiger partial charge in [0.25, 0.3) is 0 Å². The third kappa shape index (κ3) is 6.22. The van der Waals surface area contributed by atoms with Crippen LogP contribution in [0.3, 0.4) is 0 Å². The zero-order valence-electron chi connectivity index (χ0n) is 25.8. The van der Waals surface area contributed by atoms with Crippen LogP contribution in [0.15, 0.2) is 24.4 Å². The summed E-state index contributed by atoms with van der Waals surface area (Å²) in [6.07, 6.45) is 15.9. The van der Waals surface area contributed by atoms with Gasteiger partial charge < -0.3 is 20.5 Å². The smallest absolute Gasteiger partial charge is 0.129 e. The van der Waals surface area contributed by atoms with Gasteiger partial charge in [-0.15, -0.1) is 0 Å². The Morgan fingerprint density at radius 1 is 1.05 bits per heavy atom. The number of pyridine rings is 1. The molecule has 0 aliphatic heterocycles. The number of Topliss-reactive ketones (excluding diaryl/α,β-unsaturated/α-hetero) is 1. The minimum absolute atomic E-state index is 0.136. The number of hydrogen-bond donors (Lipinski definition) is 3. The molecule has 4 saturated carbocycles. The molecule has 1 aromatic heterocycles. The first-order chi connectivity index (χ1) is 19.2. The lowest BCUT2D eigenvalue weighted by molar-refractivity contribution is -0.167. The van der Waals surface area contributed by atoms with Gasteiger partial charge in [-0.25, -0.2) is 0 Å². The quantitative estimate of drug-likeness (QED) is 0.257. The summed E-state index contributed by atoms with van der Waals surface area (Å²) >= 11 is 0. The van der Waals surface area contributed by atoms with E-state index in [0.29, 0.717) is 58.2 Å². The maximum atomic E-state index is 11.7. The number of aliphatic hydroxyl groups is 1. The highest BCUT2D eigenvalue weighted by Crippen LogP contribution is 2.68. The summed E-state index contributed by atoms with van der Waals surface area (Å²) in [6.45, 7) is 12.3. The predicted octanol–water partition coefficient (Wildman–Crippen LogP) is 6.54. The third-order valence-corrected chi connectivity index (χ3v) is 12.6. The number of unbranched alkanes of at least 4 members (excludes halogenated alkanes) is 1. The van der Waals surface area contributed by atoms with E-state index < -0.39 is 0 Å². The molecule has 1 heterocycles. The first-order valence-electron chi connectivity index (χ1n) is 16.7. The monoisotopic (exact) mass is 551 g/mol. The molecule has 5 nitrogen and oxygen atoms in total. The van der Waals surface area contributed by atoms with Crippen molar-refractivity contribution in [3.63, 3.8) is 0 Å². The SMILES string of the molecule is CC(=O)CCC(C)C1CCC2C3C(CCC12C)C1(C)CC[C@@H](NCCCCNCc2ccccn2)C[C@@H]1C[C@H]3O. The minimum atomic E-state index is -0.136. The molecule has 4 fully saturated rings. The Labute approximate surface area is 244 Å². The third-order valence-electron chi connectivity index (χ3n) is 12.6. The number of fused-ring (bicyclic) bond motifs is 5. The summed E-state index contributed by atoms with van der Waals surface area (Å²) in [5, 5.41) is 19.1. The number of ketones is 1. The fourth-order valence-electron chi connectivity index (χ4n) is 10.4. The number of hydrogen-bond acceptors (Lipinski definition) is 5. The van der Waals surface area contributed by atoms with Crippen molar-refractivity contribution in [1.29, 1.82) is 0 Å². The van der Waals surface area contributed by atoms with E-state index in [2.05, 4.69) is 42.5 Å². The first-order valence-corrected chi connectivity index (χ1v) is 16.7. The number of aromatic nitrogens is 1. The second-order valence-corrected chi connectivity index (χ2v) is 14.9. The Hall–Kier alpha value is -1.30. The van der Waals surface area contributed by atoms with Gasteiger partial charge in [-0.3, -0.25) is 4.98 Å². The lowest BCUT2D eigenvalue weighted by atomic mass is 9.43. The fraction of sp³-hybridized carbons (Fsp3) is 0.829. The van der Waals surface area contributed by atoms with E-state index in [4.69, 9.17) is 0 Å². The minimum Gasteiger partial charge on any atom is -0.393 e. The maximum absolute atomic E-state index is 11.7. The van der Waals surface area contributed by atoms with Crippen LogP contribution in [0.2, 0.25) is 0 Å². The van der Waals surface area contributed by atoms with Gasteiger partial charge in [0, 0.05) is 25.2 Å². The molecule has 3 N–H and O–H groups in total. The molecule has 0 saturated heterocycles. The van der Waals surface area contributed by atoms with E-state index in [1.54, 1.807) is 6.92 Å². The molecule has 1 aromatic rings. The van der Waals surface area contributed by atoms with Gasteiger partial charge in [0.2, 0.25) is 0 Å². The molecule has 0 radical (unpaired) electrons. The second-order valence-electron chi connectivity index (χ2n) is 14.9. The molecule has 224 valence electrons. The molecule has 7 unspecified atom stereocenters. The Balaban J connectivity index is 1.10. The number of nitrogens with zero attached hydrogens (tertiary/aromatic N) is 1. The number of rotatable bonds is 12. The van der Waals surface area contributed by atoms with Crippen molar-refractivity contribution >= 4 is 5.78 Å². The largest absolute Gasteiger partial charge is 0.393 e. The van der Waals surface area contributed by atoms with Crippen LogP contribution >= 0.6 is 0 Å². The Morgan fingerprint density at radius 3 is 2.60 bits per heavy atom. The van der Waals surface area contributed by atoms with Gasteiger partial charge in [-0.05, 0) is 149 Å². The van der Waals surface area contributed by atoms with Crippen LogP contribution in [0, 0.1) is 46.3 Å².